The molecule has 3 nitrogen and oxygen atoms in total. The lowest BCUT2D eigenvalue weighted by Gasteiger charge is -2.38. The zero-order chi connectivity index (χ0) is 14.9. The van der Waals surface area contributed by atoms with Crippen molar-refractivity contribution in [3.8, 4) is 0 Å². The highest BCUT2D eigenvalue weighted by atomic mass is 16.3. The number of furan rings is 1. The Morgan fingerprint density at radius 3 is 2.71 bits per heavy atom. The van der Waals surface area contributed by atoms with Gasteiger partial charge < -0.3 is 14.6 Å². The Kier molecular flexibility index (Phi) is 4.05. The first-order chi connectivity index (χ1) is 10.1. The first-order valence-corrected chi connectivity index (χ1v) is 7.96. The molecule has 0 radical (unpaired) electrons. The summed E-state index contributed by atoms with van der Waals surface area (Å²) < 4.78 is 5.95. The summed E-state index contributed by atoms with van der Waals surface area (Å²) in [5, 5.41) is 4.86. The average Bonchev–Trinajstić information content (AvgIpc) is 2.92. The van der Waals surface area contributed by atoms with Crippen LogP contribution >= 0.6 is 0 Å². The van der Waals surface area contributed by atoms with E-state index in [1.54, 1.807) is 0 Å². The number of rotatable bonds is 4. The minimum absolute atomic E-state index is 0.258. The summed E-state index contributed by atoms with van der Waals surface area (Å²) in [6, 6.07) is 10.6. The van der Waals surface area contributed by atoms with Crippen LogP contribution in [0, 0.1) is 5.41 Å². The summed E-state index contributed by atoms with van der Waals surface area (Å²) in [4.78, 5) is 2.42. The molecule has 1 aromatic carbocycles. The molecule has 21 heavy (non-hydrogen) atoms. The number of para-hydroxylation sites is 1. The van der Waals surface area contributed by atoms with Gasteiger partial charge in [-0.1, -0.05) is 25.1 Å². The van der Waals surface area contributed by atoms with Gasteiger partial charge in [0.15, 0.2) is 0 Å². The highest BCUT2D eigenvalue weighted by Crippen LogP contribution is 2.31. The van der Waals surface area contributed by atoms with Crippen LogP contribution in [0.1, 0.15) is 38.5 Å². The van der Waals surface area contributed by atoms with Gasteiger partial charge in [0.2, 0.25) is 0 Å². The summed E-state index contributed by atoms with van der Waals surface area (Å²) in [6.45, 7) is 8.06. The van der Waals surface area contributed by atoms with Gasteiger partial charge in [0.25, 0.3) is 0 Å². The SMILES string of the molecule is CC(NCC1(C)CCN(C)CC1)c1cc2ccccc2o1. The molecule has 3 rings (SSSR count). The second-order valence-electron chi connectivity index (χ2n) is 6.90. The molecule has 0 amide bonds. The van der Waals surface area contributed by atoms with E-state index >= 15 is 0 Å². The third-order valence-corrected chi connectivity index (χ3v) is 4.90. The van der Waals surface area contributed by atoms with Gasteiger partial charge in [0.1, 0.15) is 11.3 Å². The van der Waals surface area contributed by atoms with Crippen LogP contribution in [0.15, 0.2) is 34.7 Å². The number of nitrogens with one attached hydrogen (secondary N) is 1. The van der Waals surface area contributed by atoms with Gasteiger partial charge in [0.05, 0.1) is 6.04 Å². The summed E-state index contributed by atoms with van der Waals surface area (Å²) >= 11 is 0. The molecule has 1 aliphatic rings. The molecule has 1 fully saturated rings. The molecule has 1 atom stereocenters. The Labute approximate surface area is 127 Å². The third kappa shape index (κ3) is 3.30. The van der Waals surface area contributed by atoms with Crippen LogP contribution in [-0.4, -0.2) is 31.6 Å². The van der Waals surface area contributed by atoms with Crippen LogP contribution < -0.4 is 5.32 Å². The zero-order valence-corrected chi connectivity index (χ0v) is 13.4. The van der Waals surface area contributed by atoms with Crippen molar-refractivity contribution in [2.45, 2.75) is 32.7 Å². The van der Waals surface area contributed by atoms with E-state index < -0.39 is 0 Å². The largest absolute Gasteiger partial charge is 0.459 e. The fourth-order valence-corrected chi connectivity index (χ4v) is 3.05. The fraction of sp³-hybridized carbons (Fsp3) is 0.556. The molecular weight excluding hydrogens is 260 g/mol. The van der Waals surface area contributed by atoms with Gasteiger partial charge >= 0.3 is 0 Å². The maximum atomic E-state index is 5.95. The van der Waals surface area contributed by atoms with Gasteiger partial charge in [-0.3, -0.25) is 0 Å². The molecular formula is C18H26N2O. The molecule has 1 saturated heterocycles. The molecule has 0 bridgehead atoms. The summed E-state index contributed by atoms with van der Waals surface area (Å²) in [6.07, 6.45) is 2.53. The molecule has 0 spiro atoms. The molecule has 3 heteroatoms. The Hall–Kier alpha value is -1.32. The highest BCUT2D eigenvalue weighted by Gasteiger charge is 2.29. The Balaban J connectivity index is 1.62. The number of hydrogen-bond acceptors (Lipinski definition) is 3. The lowest BCUT2D eigenvalue weighted by atomic mass is 9.80. The number of piperidine rings is 1. The van der Waals surface area contributed by atoms with E-state index in [-0.39, 0.29) is 6.04 Å². The van der Waals surface area contributed by atoms with Gasteiger partial charge in [-0.15, -0.1) is 0 Å². The van der Waals surface area contributed by atoms with Crippen molar-refractivity contribution in [2.75, 3.05) is 26.7 Å². The molecule has 1 unspecified atom stereocenters. The van der Waals surface area contributed by atoms with Crippen molar-refractivity contribution in [3.05, 3.63) is 36.1 Å². The monoisotopic (exact) mass is 286 g/mol. The average molecular weight is 286 g/mol. The second kappa shape index (κ2) is 5.82. The first kappa shape index (κ1) is 14.6. The van der Waals surface area contributed by atoms with E-state index in [4.69, 9.17) is 4.42 Å². The number of hydrogen-bond donors (Lipinski definition) is 1. The predicted octanol–water partition coefficient (Wildman–Crippen LogP) is 3.82. The van der Waals surface area contributed by atoms with E-state index in [1.165, 1.54) is 31.3 Å². The summed E-state index contributed by atoms with van der Waals surface area (Å²) in [7, 11) is 2.21. The van der Waals surface area contributed by atoms with Gasteiger partial charge in [-0.25, -0.2) is 0 Å². The molecule has 0 aliphatic carbocycles. The molecule has 0 saturated carbocycles. The smallest absolute Gasteiger partial charge is 0.134 e. The van der Waals surface area contributed by atoms with Crippen LogP contribution in [-0.2, 0) is 0 Å². The summed E-state index contributed by atoms with van der Waals surface area (Å²) in [5.74, 6) is 1.03. The van der Waals surface area contributed by atoms with Crippen molar-refractivity contribution in [3.63, 3.8) is 0 Å². The number of likely N-dealkylation sites (tertiary alicyclic amines) is 1. The maximum Gasteiger partial charge on any atom is 0.134 e. The van der Waals surface area contributed by atoms with Crippen LogP contribution in [0.5, 0.6) is 0 Å². The van der Waals surface area contributed by atoms with Crippen LogP contribution in [0.2, 0.25) is 0 Å². The highest BCUT2D eigenvalue weighted by molar-refractivity contribution is 5.77. The van der Waals surface area contributed by atoms with Crippen molar-refractivity contribution >= 4 is 11.0 Å². The van der Waals surface area contributed by atoms with Crippen molar-refractivity contribution in [1.29, 1.82) is 0 Å². The van der Waals surface area contributed by atoms with Crippen LogP contribution in [0.3, 0.4) is 0 Å². The van der Waals surface area contributed by atoms with E-state index in [2.05, 4.69) is 49.3 Å². The quantitative estimate of drug-likeness (QED) is 0.926. The Morgan fingerprint density at radius 1 is 1.29 bits per heavy atom. The van der Waals surface area contributed by atoms with Gasteiger partial charge in [-0.05, 0) is 57.5 Å². The predicted molar refractivity (Wildman–Crippen MR) is 87.5 cm³/mol. The Morgan fingerprint density at radius 2 is 2.00 bits per heavy atom. The maximum absolute atomic E-state index is 5.95. The minimum atomic E-state index is 0.258. The topological polar surface area (TPSA) is 28.4 Å². The normalized spacial score (nSPS) is 20.7. The fourth-order valence-electron chi connectivity index (χ4n) is 3.05. The minimum Gasteiger partial charge on any atom is -0.459 e. The zero-order valence-electron chi connectivity index (χ0n) is 13.4. The standard InChI is InChI=1S/C18H26N2O/c1-14(17-12-15-6-4-5-7-16(15)21-17)19-13-18(2)8-10-20(3)11-9-18/h4-7,12,14,19H,8-11,13H2,1-3H3. The van der Waals surface area contributed by atoms with Crippen molar-refractivity contribution < 1.29 is 4.42 Å². The molecule has 114 valence electrons. The molecule has 2 heterocycles. The van der Waals surface area contributed by atoms with Gasteiger partial charge in [-0.2, -0.15) is 0 Å². The first-order valence-electron chi connectivity index (χ1n) is 7.96. The van der Waals surface area contributed by atoms with Crippen molar-refractivity contribution in [1.82, 2.24) is 10.2 Å². The molecule has 1 aliphatic heterocycles. The van der Waals surface area contributed by atoms with Crippen LogP contribution in [0.4, 0.5) is 0 Å². The number of nitrogens with zero attached hydrogens (tertiary/aromatic N) is 1. The van der Waals surface area contributed by atoms with E-state index in [1.807, 2.05) is 12.1 Å². The summed E-state index contributed by atoms with van der Waals surface area (Å²) in [5.41, 5.74) is 1.39. The lowest BCUT2D eigenvalue weighted by Crippen LogP contribution is -2.42. The number of benzene rings is 1. The molecule has 1 aromatic heterocycles. The van der Waals surface area contributed by atoms with Crippen molar-refractivity contribution in [2.24, 2.45) is 5.41 Å². The molecule has 1 N–H and O–H groups in total. The van der Waals surface area contributed by atoms with Gasteiger partial charge in [0, 0.05) is 11.9 Å². The Bertz CT molecular complexity index is 563. The second-order valence-corrected chi connectivity index (χ2v) is 6.90. The number of fused-ring (bicyclic) bond motifs is 1. The third-order valence-electron chi connectivity index (χ3n) is 4.90. The van der Waals surface area contributed by atoms with E-state index in [0.717, 1.165) is 17.9 Å². The van der Waals surface area contributed by atoms with Crippen LogP contribution in [0.25, 0.3) is 11.0 Å². The molecule has 2 aromatic rings. The lowest BCUT2D eigenvalue weighted by molar-refractivity contribution is 0.133. The van der Waals surface area contributed by atoms with E-state index in [0.29, 0.717) is 5.41 Å². The van der Waals surface area contributed by atoms with E-state index in [9.17, 15) is 0 Å².